The van der Waals surface area contributed by atoms with E-state index in [4.69, 9.17) is 4.42 Å². The Bertz CT molecular complexity index is 1130. The quantitative estimate of drug-likeness (QED) is 0.422. The average molecular weight is 493 g/mol. The first-order valence-electron chi connectivity index (χ1n) is 14.7. The minimum atomic E-state index is -0.534. The second kappa shape index (κ2) is 7.32. The van der Waals surface area contributed by atoms with Crippen LogP contribution in [-0.2, 0) is 16.6 Å². The van der Waals surface area contributed by atoms with Crippen molar-refractivity contribution in [1.82, 2.24) is 0 Å². The molecule has 0 radical (unpaired) electrons. The largest absolute Gasteiger partial charge is 0.481 e. The van der Waals surface area contributed by atoms with Gasteiger partial charge in [0.1, 0.15) is 11.5 Å². The molecule has 0 unspecified atom stereocenters. The minimum absolute atomic E-state index is 0.0528. The lowest BCUT2D eigenvalue weighted by atomic mass is 9.32. The highest BCUT2D eigenvalue weighted by Crippen LogP contribution is 2.77. The van der Waals surface area contributed by atoms with Gasteiger partial charge in [0, 0.05) is 5.41 Å². The first-order valence-corrected chi connectivity index (χ1v) is 14.7. The van der Waals surface area contributed by atoms with Gasteiger partial charge in [-0.3, -0.25) is 4.79 Å². The van der Waals surface area contributed by atoms with Gasteiger partial charge in [-0.25, -0.2) is 0 Å². The van der Waals surface area contributed by atoms with E-state index in [1.54, 1.807) is 0 Å². The summed E-state index contributed by atoms with van der Waals surface area (Å²) in [5.74, 6) is 4.15. The summed E-state index contributed by atoms with van der Waals surface area (Å²) in [6, 6.07) is 2.32. The molecule has 4 saturated carbocycles. The van der Waals surface area contributed by atoms with Crippen molar-refractivity contribution in [1.29, 1.82) is 0 Å². The van der Waals surface area contributed by atoms with Gasteiger partial charge in [-0.2, -0.15) is 0 Å². The summed E-state index contributed by atoms with van der Waals surface area (Å²) >= 11 is 0. The second-order valence-electron chi connectivity index (χ2n) is 15.3. The van der Waals surface area contributed by atoms with Crippen molar-refractivity contribution in [3.05, 3.63) is 35.3 Å². The number of carboxylic acids is 1. The fourth-order valence-electron chi connectivity index (χ4n) is 12.1. The molecule has 4 fully saturated rings. The Hall–Kier alpha value is -1.51. The molecule has 3 nitrogen and oxygen atoms in total. The van der Waals surface area contributed by atoms with Crippen LogP contribution in [0.4, 0.5) is 0 Å². The molecule has 5 aliphatic carbocycles. The van der Waals surface area contributed by atoms with Gasteiger partial charge in [-0.15, -0.1) is 0 Å². The normalized spacial score (nSPS) is 48.7. The van der Waals surface area contributed by atoms with Crippen molar-refractivity contribution in [2.75, 3.05) is 0 Å². The summed E-state index contributed by atoms with van der Waals surface area (Å²) in [5.41, 5.74) is 2.85. The molecule has 0 aromatic carbocycles. The predicted octanol–water partition coefficient (Wildman–Crippen LogP) is 8.34. The van der Waals surface area contributed by atoms with Crippen LogP contribution in [0, 0.1) is 58.2 Å². The van der Waals surface area contributed by atoms with Crippen molar-refractivity contribution in [2.24, 2.45) is 51.2 Å². The third kappa shape index (κ3) is 2.74. The monoisotopic (exact) mass is 492 g/mol. The number of carboxylic acid groups (broad SMARTS) is 1. The molecule has 0 saturated heterocycles. The highest BCUT2D eigenvalue weighted by atomic mass is 16.4. The van der Waals surface area contributed by atoms with E-state index in [1.807, 2.05) is 0 Å². The first-order chi connectivity index (χ1) is 16.7. The van der Waals surface area contributed by atoms with Gasteiger partial charge in [0.05, 0.1) is 5.41 Å². The number of carbonyl (C=O) groups is 1. The molecule has 6 rings (SSSR count). The zero-order chi connectivity index (χ0) is 26.1. The molecule has 1 aromatic heterocycles. The van der Waals surface area contributed by atoms with Crippen LogP contribution in [0.1, 0.15) is 110 Å². The number of fused-ring (bicyclic) bond motifs is 8. The van der Waals surface area contributed by atoms with E-state index < -0.39 is 11.4 Å². The van der Waals surface area contributed by atoms with E-state index in [0.717, 1.165) is 37.9 Å². The van der Waals surface area contributed by atoms with E-state index >= 15 is 0 Å². The molecule has 5 aliphatic rings. The number of hydrogen-bond acceptors (Lipinski definition) is 2. The van der Waals surface area contributed by atoms with E-state index in [1.165, 1.54) is 42.6 Å². The van der Waals surface area contributed by atoms with E-state index in [9.17, 15) is 9.90 Å². The zero-order valence-corrected chi connectivity index (χ0v) is 23.8. The summed E-state index contributed by atoms with van der Waals surface area (Å²) in [4.78, 5) is 12.9. The summed E-state index contributed by atoms with van der Waals surface area (Å²) in [5, 5.41) is 10.6. The smallest absolute Gasteiger partial charge is 0.309 e. The molecular weight excluding hydrogens is 444 g/mol. The van der Waals surface area contributed by atoms with Crippen molar-refractivity contribution >= 4 is 5.97 Å². The van der Waals surface area contributed by atoms with Crippen LogP contribution >= 0.6 is 0 Å². The Labute approximate surface area is 218 Å². The minimum Gasteiger partial charge on any atom is -0.481 e. The number of aryl methyl sites for hydroxylation is 1. The number of rotatable bonds is 2. The third-order valence-electron chi connectivity index (χ3n) is 13.7. The van der Waals surface area contributed by atoms with Gasteiger partial charge >= 0.3 is 5.97 Å². The van der Waals surface area contributed by atoms with Crippen LogP contribution in [0.25, 0.3) is 0 Å². The van der Waals surface area contributed by atoms with Crippen molar-refractivity contribution in [2.45, 2.75) is 112 Å². The lowest BCUT2D eigenvalue weighted by Crippen LogP contribution is -2.66. The molecule has 1 heterocycles. The van der Waals surface area contributed by atoms with Crippen LogP contribution in [0.5, 0.6) is 0 Å². The standard InChI is InChI=1S/C33H48O3/c1-19(2)22-11-14-33(28(34)35)16-15-31(7)23(26(22)33)9-10-25-30(6)18-21-17-20(3)36-27(21)29(4,5)24(30)12-13-32(25,31)8/h17,22-26H,1,9-16,18H2,2-8H3,(H,34,35)/t22-,23+,24-,25+,26+,30-,31+,32+,33-/m0/s1. The Morgan fingerprint density at radius 3 is 2.36 bits per heavy atom. The molecule has 198 valence electrons. The van der Waals surface area contributed by atoms with E-state index in [2.05, 4.69) is 61.1 Å². The van der Waals surface area contributed by atoms with E-state index in [-0.39, 0.29) is 27.6 Å². The summed E-state index contributed by atoms with van der Waals surface area (Å²) in [6.45, 7) is 21.4. The van der Waals surface area contributed by atoms with Gasteiger partial charge in [-0.1, -0.05) is 46.8 Å². The van der Waals surface area contributed by atoms with Gasteiger partial charge in [0.15, 0.2) is 0 Å². The molecule has 0 spiro atoms. The summed E-state index contributed by atoms with van der Waals surface area (Å²) in [6.07, 6.45) is 9.82. The number of allylic oxidation sites excluding steroid dienone is 1. The fraction of sp³-hybridized carbons (Fsp3) is 0.788. The molecule has 0 aliphatic heterocycles. The second-order valence-corrected chi connectivity index (χ2v) is 15.3. The molecule has 3 heteroatoms. The van der Waals surface area contributed by atoms with Crippen molar-refractivity contribution in [3.8, 4) is 0 Å². The van der Waals surface area contributed by atoms with Crippen LogP contribution in [0.2, 0.25) is 0 Å². The molecular formula is C33H48O3. The van der Waals surface area contributed by atoms with Crippen molar-refractivity contribution in [3.63, 3.8) is 0 Å². The number of hydrogen-bond donors (Lipinski definition) is 1. The Balaban J connectivity index is 1.44. The first kappa shape index (κ1) is 24.8. The maximum Gasteiger partial charge on any atom is 0.309 e. The fourth-order valence-corrected chi connectivity index (χ4v) is 12.1. The molecule has 1 aromatic rings. The molecule has 0 bridgehead atoms. The molecule has 9 atom stereocenters. The predicted molar refractivity (Wildman–Crippen MR) is 144 cm³/mol. The highest BCUT2D eigenvalue weighted by molar-refractivity contribution is 5.76. The Morgan fingerprint density at radius 2 is 1.69 bits per heavy atom. The number of aliphatic carboxylic acids is 1. The third-order valence-corrected chi connectivity index (χ3v) is 13.7. The topological polar surface area (TPSA) is 50.4 Å². The maximum atomic E-state index is 12.9. The lowest BCUT2D eigenvalue weighted by Gasteiger charge is -2.72. The molecule has 36 heavy (non-hydrogen) atoms. The van der Waals surface area contributed by atoms with Gasteiger partial charge in [0.25, 0.3) is 0 Å². The average Bonchev–Trinajstić information content (AvgIpc) is 3.35. The van der Waals surface area contributed by atoms with Gasteiger partial charge in [-0.05, 0) is 129 Å². The van der Waals surface area contributed by atoms with E-state index in [0.29, 0.717) is 23.7 Å². The highest BCUT2D eigenvalue weighted by Gasteiger charge is 2.72. The van der Waals surface area contributed by atoms with Crippen LogP contribution in [0.3, 0.4) is 0 Å². The lowest BCUT2D eigenvalue weighted by molar-refractivity contribution is -0.228. The maximum absolute atomic E-state index is 12.9. The van der Waals surface area contributed by atoms with Gasteiger partial charge < -0.3 is 9.52 Å². The Morgan fingerprint density at radius 1 is 0.972 bits per heavy atom. The zero-order valence-electron chi connectivity index (χ0n) is 23.8. The Kier molecular flexibility index (Phi) is 5.04. The SMILES string of the molecule is C=C(C)[C@@H]1CC[C@]2(C(=O)O)CC[C@]3(C)[C@H](CC[C@@H]4[C@@]5(C)Cc6cc(C)oc6C(C)(C)[C@@H]5CC[C@]43C)[C@@H]12. The molecule has 1 N–H and O–H groups in total. The van der Waals surface area contributed by atoms with Gasteiger partial charge in [0.2, 0.25) is 0 Å². The molecule has 0 amide bonds. The summed E-state index contributed by atoms with van der Waals surface area (Å²) < 4.78 is 6.33. The van der Waals surface area contributed by atoms with Crippen LogP contribution in [0.15, 0.2) is 22.6 Å². The van der Waals surface area contributed by atoms with Crippen molar-refractivity contribution < 1.29 is 14.3 Å². The summed E-state index contributed by atoms with van der Waals surface area (Å²) in [7, 11) is 0. The van der Waals surface area contributed by atoms with Crippen LogP contribution < -0.4 is 0 Å². The van der Waals surface area contributed by atoms with Crippen LogP contribution in [-0.4, -0.2) is 11.1 Å². The number of furan rings is 1.